The average molecular weight is 251 g/mol. The van der Waals surface area contributed by atoms with Crippen LogP contribution in [0.3, 0.4) is 0 Å². The van der Waals surface area contributed by atoms with E-state index in [-0.39, 0.29) is 6.03 Å². The number of hydrogen-bond acceptors (Lipinski definition) is 3. The minimum atomic E-state index is -0.307. The number of nitrogens with two attached hydrogens (primary N) is 1. The first kappa shape index (κ1) is 14.5. The molecule has 0 aliphatic carbocycles. The first-order chi connectivity index (χ1) is 8.83. The molecule has 0 saturated heterocycles. The molecule has 18 heavy (non-hydrogen) atoms. The number of nitrogens with one attached hydrogen (secondary N) is 2. The van der Waals surface area contributed by atoms with Crippen LogP contribution in [-0.2, 0) is 11.4 Å². The Morgan fingerprint density at radius 3 is 2.67 bits per heavy atom. The number of unbranched alkanes of at least 4 members (excludes halogenated alkanes) is 2. The van der Waals surface area contributed by atoms with E-state index < -0.39 is 0 Å². The molecule has 5 nitrogen and oxygen atoms in total. The lowest BCUT2D eigenvalue weighted by molar-refractivity contribution is 0.0491. The molecule has 0 heterocycles. The Labute approximate surface area is 108 Å². The summed E-state index contributed by atoms with van der Waals surface area (Å²) in [5.74, 6) is 0. The second-order valence-corrected chi connectivity index (χ2v) is 3.98. The van der Waals surface area contributed by atoms with E-state index in [0.29, 0.717) is 19.7 Å². The largest absolute Gasteiger partial charge is 0.338 e. The summed E-state index contributed by atoms with van der Waals surface area (Å²) >= 11 is 0. The van der Waals surface area contributed by atoms with Crippen molar-refractivity contribution < 1.29 is 9.63 Å². The van der Waals surface area contributed by atoms with Crippen LogP contribution in [0.1, 0.15) is 24.8 Å². The molecule has 0 aliphatic heterocycles. The molecule has 0 saturated carbocycles. The number of hydrogen-bond donors (Lipinski definition) is 3. The highest BCUT2D eigenvalue weighted by atomic mass is 16.7. The Balaban J connectivity index is 2.00. The van der Waals surface area contributed by atoms with Crippen LogP contribution in [0.25, 0.3) is 0 Å². The van der Waals surface area contributed by atoms with E-state index in [1.54, 1.807) is 0 Å². The maximum Gasteiger partial charge on any atom is 0.338 e. The summed E-state index contributed by atoms with van der Waals surface area (Å²) in [6.07, 6.45) is 2.96. The van der Waals surface area contributed by atoms with Crippen molar-refractivity contribution in [3.05, 3.63) is 35.9 Å². The van der Waals surface area contributed by atoms with Gasteiger partial charge in [0.05, 0.1) is 6.61 Å². The van der Waals surface area contributed by atoms with E-state index in [0.717, 1.165) is 24.8 Å². The Morgan fingerprint density at radius 2 is 1.94 bits per heavy atom. The van der Waals surface area contributed by atoms with Gasteiger partial charge in [-0.05, 0) is 24.9 Å². The first-order valence-corrected chi connectivity index (χ1v) is 6.22. The van der Waals surface area contributed by atoms with Gasteiger partial charge in [0.25, 0.3) is 0 Å². The third-order valence-electron chi connectivity index (χ3n) is 2.41. The molecule has 4 N–H and O–H groups in total. The van der Waals surface area contributed by atoms with Gasteiger partial charge in [-0.15, -0.1) is 0 Å². The number of carbonyl (C=O) groups is 1. The number of amides is 2. The van der Waals surface area contributed by atoms with Gasteiger partial charge >= 0.3 is 6.03 Å². The lowest BCUT2D eigenvalue weighted by Crippen LogP contribution is -2.35. The van der Waals surface area contributed by atoms with E-state index in [4.69, 9.17) is 10.6 Å². The summed E-state index contributed by atoms with van der Waals surface area (Å²) in [4.78, 5) is 16.4. The highest BCUT2D eigenvalue weighted by molar-refractivity contribution is 5.72. The average Bonchev–Trinajstić information content (AvgIpc) is 2.40. The monoisotopic (exact) mass is 251 g/mol. The van der Waals surface area contributed by atoms with E-state index >= 15 is 0 Å². The van der Waals surface area contributed by atoms with Crippen LogP contribution in [0.15, 0.2) is 30.3 Å². The van der Waals surface area contributed by atoms with Crippen molar-refractivity contribution in [3.63, 3.8) is 0 Å². The van der Waals surface area contributed by atoms with E-state index in [1.807, 2.05) is 30.3 Å². The second-order valence-electron chi connectivity index (χ2n) is 3.98. The summed E-state index contributed by atoms with van der Waals surface area (Å²) < 4.78 is 0. The van der Waals surface area contributed by atoms with Crippen molar-refractivity contribution in [1.29, 1.82) is 0 Å². The molecule has 5 heteroatoms. The van der Waals surface area contributed by atoms with E-state index in [2.05, 4.69) is 10.8 Å². The summed E-state index contributed by atoms with van der Waals surface area (Å²) in [6.45, 7) is 1.70. The second kappa shape index (κ2) is 9.44. The normalized spacial score (nSPS) is 10.1. The molecule has 1 rings (SSSR count). The Hall–Kier alpha value is -1.59. The van der Waals surface area contributed by atoms with Gasteiger partial charge in [-0.3, -0.25) is 4.84 Å². The molecule has 1 aromatic carbocycles. The van der Waals surface area contributed by atoms with Gasteiger partial charge < -0.3 is 11.1 Å². The Morgan fingerprint density at radius 1 is 1.17 bits per heavy atom. The van der Waals surface area contributed by atoms with Crippen LogP contribution in [0, 0.1) is 0 Å². The third-order valence-corrected chi connectivity index (χ3v) is 2.41. The van der Waals surface area contributed by atoms with Crippen LogP contribution in [-0.4, -0.2) is 19.1 Å². The lowest BCUT2D eigenvalue weighted by atomic mass is 10.2. The number of urea groups is 1. The molecule has 1 aromatic rings. The predicted octanol–water partition coefficient (Wildman–Crippen LogP) is 1.55. The van der Waals surface area contributed by atoms with E-state index in [9.17, 15) is 4.79 Å². The molecule has 100 valence electrons. The smallest absolute Gasteiger partial charge is 0.336 e. The van der Waals surface area contributed by atoms with Crippen molar-refractivity contribution in [2.45, 2.75) is 25.9 Å². The minimum absolute atomic E-state index is 0.307. The summed E-state index contributed by atoms with van der Waals surface area (Å²) in [5.41, 5.74) is 8.73. The maximum atomic E-state index is 11.3. The lowest BCUT2D eigenvalue weighted by Gasteiger charge is -2.07. The maximum absolute atomic E-state index is 11.3. The fourth-order valence-electron chi connectivity index (χ4n) is 1.44. The zero-order chi connectivity index (χ0) is 13.1. The first-order valence-electron chi connectivity index (χ1n) is 6.22. The van der Waals surface area contributed by atoms with Crippen molar-refractivity contribution in [2.75, 3.05) is 13.1 Å². The number of benzene rings is 1. The summed E-state index contributed by atoms with van der Waals surface area (Å²) in [7, 11) is 0. The van der Waals surface area contributed by atoms with Gasteiger partial charge in [-0.2, -0.15) is 0 Å². The molecule has 0 atom stereocenters. The van der Waals surface area contributed by atoms with Gasteiger partial charge in [0, 0.05) is 6.54 Å². The Kier molecular flexibility index (Phi) is 7.59. The van der Waals surface area contributed by atoms with E-state index in [1.165, 1.54) is 0 Å². The van der Waals surface area contributed by atoms with Crippen LogP contribution in [0.2, 0.25) is 0 Å². The van der Waals surface area contributed by atoms with Gasteiger partial charge in [0.15, 0.2) is 0 Å². The molecule has 0 aromatic heterocycles. The number of hydroxylamine groups is 1. The Bertz CT molecular complexity index is 330. The van der Waals surface area contributed by atoms with Crippen molar-refractivity contribution >= 4 is 6.03 Å². The van der Waals surface area contributed by atoms with Gasteiger partial charge in [0.2, 0.25) is 0 Å². The molecule has 0 radical (unpaired) electrons. The standard InChI is InChI=1S/C13H21N3O2/c14-9-5-2-6-10-15-13(17)16-18-11-12-7-3-1-4-8-12/h1,3-4,7-8H,2,5-6,9-11,14H2,(H2,15,16,17). The van der Waals surface area contributed by atoms with Crippen molar-refractivity contribution in [2.24, 2.45) is 5.73 Å². The van der Waals surface area contributed by atoms with Gasteiger partial charge in [0.1, 0.15) is 0 Å². The SMILES string of the molecule is NCCCCCNC(=O)NOCc1ccccc1. The van der Waals surface area contributed by atoms with Crippen LogP contribution in [0.5, 0.6) is 0 Å². The highest BCUT2D eigenvalue weighted by Gasteiger charge is 1.99. The fourth-order valence-corrected chi connectivity index (χ4v) is 1.44. The molecule has 0 unspecified atom stereocenters. The van der Waals surface area contributed by atoms with Gasteiger partial charge in [-0.25, -0.2) is 10.3 Å². The molecule has 0 bridgehead atoms. The predicted molar refractivity (Wildman–Crippen MR) is 70.7 cm³/mol. The van der Waals surface area contributed by atoms with Gasteiger partial charge in [-0.1, -0.05) is 36.8 Å². The summed E-state index contributed by atoms with van der Waals surface area (Å²) in [5, 5.41) is 2.71. The molecular formula is C13H21N3O2. The fraction of sp³-hybridized carbons (Fsp3) is 0.462. The number of rotatable bonds is 8. The molecule has 0 aliphatic rings. The van der Waals surface area contributed by atoms with Crippen molar-refractivity contribution in [3.8, 4) is 0 Å². The van der Waals surface area contributed by atoms with Crippen LogP contribution < -0.4 is 16.5 Å². The quantitative estimate of drug-likeness (QED) is 0.484. The molecule has 2 amide bonds. The zero-order valence-corrected chi connectivity index (χ0v) is 10.5. The molecular weight excluding hydrogens is 230 g/mol. The summed E-state index contributed by atoms with van der Waals surface area (Å²) in [6, 6.07) is 9.36. The minimum Gasteiger partial charge on any atom is -0.336 e. The van der Waals surface area contributed by atoms with Crippen molar-refractivity contribution in [1.82, 2.24) is 10.8 Å². The zero-order valence-electron chi connectivity index (χ0n) is 10.5. The molecule has 0 spiro atoms. The third kappa shape index (κ3) is 6.88. The highest BCUT2D eigenvalue weighted by Crippen LogP contribution is 1.98. The van der Waals surface area contributed by atoms with Crippen LogP contribution in [0.4, 0.5) is 4.79 Å². The molecule has 0 fully saturated rings. The van der Waals surface area contributed by atoms with Crippen LogP contribution >= 0.6 is 0 Å². The number of carbonyl (C=O) groups excluding carboxylic acids is 1. The topological polar surface area (TPSA) is 76.4 Å².